The lowest BCUT2D eigenvalue weighted by Gasteiger charge is -2.11. The second-order valence-electron chi connectivity index (χ2n) is 5.45. The third-order valence-electron chi connectivity index (χ3n) is 3.76. The first-order valence-corrected chi connectivity index (χ1v) is 7.25. The van der Waals surface area contributed by atoms with Gasteiger partial charge in [-0.2, -0.15) is 0 Å². The summed E-state index contributed by atoms with van der Waals surface area (Å²) in [5, 5.41) is 2.86. The third-order valence-corrected chi connectivity index (χ3v) is 3.76. The number of esters is 1. The van der Waals surface area contributed by atoms with Crippen LogP contribution in [0.25, 0.3) is 0 Å². The molecule has 3 rings (SSSR count). The van der Waals surface area contributed by atoms with Gasteiger partial charge in [0.05, 0.1) is 12.0 Å². The number of hydrogen-bond donors (Lipinski definition) is 1. The van der Waals surface area contributed by atoms with E-state index in [1.165, 1.54) is 5.56 Å². The van der Waals surface area contributed by atoms with Crippen molar-refractivity contribution in [2.45, 2.75) is 26.0 Å². The van der Waals surface area contributed by atoms with E-state index in [1.54, 1.807) is 12.1 Å². The van der Waals surface area contributed by atoms with Crippen LogP contribution < -0.4 is 5.32 Å². The lowest BCUT2D eigenvalue weighted by Crippen LogP contribution is -2.24. The monoisotopic (exact) mass is 295 g/mol. The summed E-state index contributed by atoms with van der Waals surface area (Å²) in [4.78, 5) is 23.8. The Kier molecular flexibility index (Phi) is 3.92. The molecule has 0 fully saturated rings. The molecule has 4 nitrogen and oxygen atoms in total. The Hall–Kier alpha value is -2.62. The smallest absolute Gasteiger partial charge is 0.339 e. The molecule has 1 atom stereocenters. The van der Waals surface area contributed by atoms with Gasteiger partial charge in [0.25, 0.3) is 0 Å². The van der Waals surface area contributed by atoms with E-state index in [9.17, 15) is 9.59 Å². The lowest BCUT2D eigenvalue weighted by molar-refractivity contribution is -0.123. The molecule has 22 heavy (non-hydrogen) atoms. The molecule has 2 aromatic rings. The van der Waals surface area contributed by atoms with Gasteiger partial charge in [-0.15, -0.1) is 0 Å². The molecule has 0 radical (unpaired) electrons. The summed E-state index contributed by atoms with van der Waals surface area (Å²) in [5.41, 5.74) is 3.57. The summed E-state index contributed by atoms with van der Waals surface area (Å²) in [6.07, 6.45) is -0.337. The zero-order valence-electron chi connectivity index (χ0n) is 12.3. The number of amides is 1. The molecule has 1 aliphatic rings. The molecule has 112 valence electrons. The van der Waals surface area contributed by atoms with Crippen LogP contribution in [0.4, 0.5) is 0 Å². The van der Waals surface area contributed by atoms with Crippen molar-refractivity contribution in [3.8, 4) is 0 Å². The quantitative estimate of drug-likeness (QED) is 0.882. The summed E-state index contributed by atoms with van der Waals surface area (Å²) in [6, 6.07) is 15.2. The Labute approximate surface area is 129 Å². The normalized spacial score (nSPS) is 16.0. The largest absolute Gasteiger partial charge is 0.453 e. The number of hydrogen-bond acceptors (Lipinski definition) is 3. The standard InChI is InChI=1S/C18H17NO3/c1-12-6-8-13(9-7-12)11-19-17(20)10-16-14-4-2-3-5-15(14)18(21)22-16/h2-9,16H,10-11H2,1H3,(H,19,20). The van der Waals surface area contributed by atoms with E-state index < -0.39 is 6.10 Å². The maximum absolute atomic E-state index is 12.1. The van der Waals surface area contributed by atoms with Crippen LogP contribution in [0.15, 0.2) is 48.5 Å². The molecule has 1 unspecified atom stereocenters. The highest BCUT2D eigenvalue weighted by molar-refractivity contribution is 5.94. The summed E-state index contributed by atoms with van der Waals surface area (Å²) < 4.78 is 5.27. The van der Waals surface area contributed by atoms with Crippen LogP contribution in [0.2, 0.25) is 0 Å². The maximum atomic E-state index is 12.1. The van der Waals surface area contributed by atoms with Gasteiger partial charge in [-0.05, 0) is 18.6 Å². The number of benzene rings is 2. The number of carbonyl (C=O) groups excluding carboxylic acids is 2. The summed E-state index contributed by atoms with van der Waals surface area (Å²) in [6.45, 7) is 2.50. The highest BCUT2D eigenvalue weighted by atomic mass is 16.5. The topological polar surface area (TPSA) is 55.4 Å². The zero-order valence-corrected chi connectivity index (χ0v) is 12.3. The molecule has 1 N–H and O–H groups in total. The van der Waals surface area contributed by atoms with E-state index in [1.807, 2.05) is 43.3 Å². The second-order valence-corrected chi connectivity index (χ2v) is 5.45. The number of rotatable bonds is 4. The van der Waals surface area contributed by atoms with Crippen molar-refractivity contribution in [1.29, 1.82) is 0 Å². The fourth-order valence-corrected chi connectivity index (χ4v) is 2.52. The Balaban J connectivity index is 1.59. The Morgan fingerprint density at radius 3 is 2.64 bits per heavy atom. The van der Waals surface area contributed by atoms with Crippen LogP contribution >= 0.6 is 0 Å². The SMILES string of the molecule is Cc1ccc(CNC(=O)CC2OC(=O)c3ccccc32)cc1. The van der Waals surface area contributed by atoms with Crippen LogP contribution in [-0.2, 0) is 16.1 Å². The molecule has 0 aliphatic carbocycles. The van der Waals surface area contributed by atoms with Crippen molar-refractivity contribution < 1.29 is 14.3 Å². The number of fused-ring (bicyclic) bond motifs is 1. The summed E-state index contributed by atoms with van der Waals surface area (Å²) in [5.74, 6) is -0.484. The van der Waals surface area contributed by atoms with Crippen molar-refractivity contribution in [3.63, 3.8) is 0 Å². The molecule has 0 bridgehead atoms. The molecule has 1 heterocycles. The highest BCUT2D eigenvalue weighted by Crippen LogP contribution is 2.32. The molecule has 0 aromatic heterocycles. The van der Waals surface area contributed by atoms with Gasteiger partial charge in [0.1, 0.15) is 6.10 Å². The van der Waals surface area contributed by atoms with Crippen molar-refractivity contribution >= 4 is 11.9 Å². The summed E-state index contributed by atoms with van der Waals surface area (Å²) in [7, 11) is 0. The van der Waals surface area contributed by atoms with Gasteiger partial charge in [-0.3, -0.25) is 4.79 Å². The third kappa shape index (κ3) is 3.01. The van der Waals surface area contributed by atoms with Gasteiger partial charge < -0.3 is 10.1 Å². The maximum Gasteiger partial charge on any atom is 0.339 e. The molecule has 4 heteroatoms. The minimum absolute atomic E-state index is 0.130. The van der Waals surface area contributed by atoms with E-state index >= 15 is 0 Å². The Morgan fingerprint density at radius 1 is 1.14 bits per heavy atom. The van der Waals surface area contributed by atoms with E-state index in [-0.39, 0.29) is 18.3 Å². The fourth-order valence-electron chi connectivity index (χ4n) is 2.52. The van der Waals surface area contributed by atoms with E-state index in [4.69, 9.17) is 4.74 Å². The minimum Gasteiger partial charge on any atom is -0.453 e. The van der Waals surface area contributed by atoms with Gasteiger partial charge in [0.2, 0.25) is 5.91 Å². The predicted molar refractivity (Wildman–Crippen MR) is 82.2 cm³/mol. The van der Waals surface area contributed by atoms with Gasteiger partial charge in [-0.1, -0.05) is 48.0 Å². The number of cyclic esters (lactones) is 1. The molecular formula is C18H17NO3. The average molecular weight is 295 g/mol. The highest BCUT2D eigenvalue weighted by Gasteiger charge is 2.31. The van der Waals surface area contributed by atoms with Crippen molar-refractivity contribution in [3.05, 3.63) is 70.8 Å². The van der Waals surface area contributed by atoms with Crippen LogP contribution in [-0.4, -0.2) is 11.9 Å². The molecular weight excluding hydrogens is 278 g/mol. The van der Waals surface area contributed by atoms with Crippen LogP contribution in [0.1, 0.15) is 39.6 Å². The van der Waals surface area contributed by atoms with Crippen LogP contribution in [0, 0.1) is 6.92 Å². The predicted octanol–water partition coefficient (Wildman–Crippen LogP) is 2.91. The fraction of sp³-hybridized carbons (Fsp3) is 0.222. The molecule has 0 spiro atoms. The van der Waals surface area contributed by atoms with Crippen molar-refractivity contribution in [2.75, 3.05) is 0 Å². The van der Waals surface area contributed by atoms with E-state index in [2.05, 4.69) is 5.32 Å². The first-order valence-electron chi connectivity index (χ1n) is 7.25. The average Bonchev–Trinajstić information content (AvgIpc) is 2.83. The van der Waals surface area contributed by atoms with Crippen LogP contribution in [0.3, 0.4) is 0 Å². The van der Waals surface area contributed by atoms with E-state index in [0.717, 1.165) is 11.1 Å². The molecule has 2 aromatic carbocycles. The molecule has 0 saturated heterocycles. The van der Waals surface area contributed by atoms with Crippen LogP contribution in [0.5, 0.6) is 0 Å². The summed E-state index contributed by atoms with van der Waals surface area (Å²) >= 11 is 0. The molecule has 1 amide bonds. The first-order chi connectivity index (χ1) is 10.6. The van der Waals surface area contributed by atoms with Gasteiger partial charge in [-0.25, -0.2) is 4.79 Å². The number of ether oxygens (including phenoxy) is 1. The Morgan fingerprint density at radius 2 is 1.86 bits per heavy atom. The number of nitrogens with one attached hydrogen (secondary N) is 1. The molecule has 0 saturated carbocycles. The number of aryl methyl sites for hydroxylation is 1. The first kappa shape index (κ1) is 14.3. The lowest BCUT2D eigenvalue weighted by atomic mass is 10.0. The van der Waals surface area contributed by atoms with Crippen molar-refractivity contribution in [2.24, 2.45) is 0 Å². The van der Waals surface area contributed by atoms with Crippen molar-refractivity contribution in [1.82, 2.24) is 5.32 Å². The van der Waals surface area contributed by atoms with Gasteiger partial charge >= 0.3 is 5.97 Å². The van der Waals surface area contributed by atoms with E-state index in [0.29, 0.717) is 12.1 Å². The van der Waals surface area contributed by atoms with Gasteiger partial charge in [0.15, 0.2) is 0 Å². The second kappa shape index (κ2) is 6.02. The zero-order chi connectivity index (χ0) is 15.5. The number of carbonyl (C=O) groups is 2. The molecule has 1 aliphatic heterocycles. The minimum atomic E-state index is -0.485. The van der Waals surface area contributed by atoms with Gasteiger partial charge in [0, 0.05) is 12.1 Å². The Bertz CT molecular complexity index is 707.